The van der Waals surface area contributed by atoms with Gasteiger partial charge >= 0.3 is 5.97 Å². The fraction of sp³-hybridized carbons (Fsp3) is 0.357. The van der Waals surface area contributed by atoms with Gasteiger partial charge in [-0.3, -0.25) is 4.79 Å². The standard InChI is InChI=1S/C14H15BrO3/c1-4-6-10-7-11(15)13(9(3)14(16)17)12(8-10)18-5-2/h7-9H,5H2,1-3H3,(H,16,17). The van der Waals surface area contributed by atoms with E-state index in [1.54, 1.807) is 19.9 Å². The molecule has 0 aromatic heterocycles. The minimum absolute atomic E-state index is 0.481. The van der Waals surface area contributed by atoms with E-state index < -0.39 is 11.9 Å². The number of hydrogen-bond donors (Lipinski definition) is 1. The monoisotopic (exact) mass is 310 g/mol. The first-order chi connectivity index (χ1) is 8.51. The lowest BCUT2D eigenvalue weighted by molar-refractivity contribution is -0.138. The molecule has 0 aliphatic heterocycles. The van der Waals surface area contributed by atoms with Crippen molar-refractivity contribution in [2.75, 3.05) is 6.61 Å². The number of carbonyl (C=O) groups is 1. The minimum atomic E-state index is -0.883. The predicted octanol–water partition coefficient (Wildman–Crippen LogP) is 3.41. The Labute approximate surface area is 115 Å². The van der Waals surface area contributed by atoms with Crippen molar-refractivity contribution in [2.45, 2.75) is 26.7 Å². The summed E-state index contributed by atoms with van der Waals surface area (Å²) < 4.78 is 6.22. The van der Waals surface area contributed by atoms with E-state index in [0.717, 1.165) is 5.56 Å². The number of aliphatic carboxylic acids is 1. The summed E-state index contributed by atoms with van der Waals surface area (Å²) in [5.74, 6) is 4.80. The maximum atomic E-state index is 11.1. The van der Waals surface area contributed by atoms with Gasteiger partial charge in [0, 0.05) is 15.6 Å². The molecule has 0 fully saturated rings. The van der Waals surface area contributed by atoms with Gasteiger partial charge < -0.3 is 9.84 Å². The fourth-order valence-electron chi connectivity index (χ4n) is 1.63. The van der Waals surface area contributed by atoms with Gasteiger partial charge in [-0.15, -0.1) is 5.92 Å². The number of ether oxygens (including phenoxy) is 1. The van der Waals surface area contributed by atoms with Crippen LogP contribution in [0.2, 0.25) is 0 Å². The van der Waals surface area contributed by atoms with Crippen molar-refractivity contribution in [3.8, 4) is 17.6 Å². The van der Waals surface area contributed by atoms with Crippen molar-refractivity contribution in [1.29, 1.82) is 0 Å². The van der Waals surface area contributed by atoms with Crippen LogP contribution in [0.15, 0.2) is 16.6 Å². The van der Waals surface area contributed by atoms with E-state index in [-0.39, 0.29) is 0 Å². The number of carboxylic acid groups (broad SMARTS) is 1. The molecule has 1 aromatic rings. The fourth-order valence-corrected chi connectivity index (χ4v) is 2.41. The van der Waals surface area contributed by atoms with Crippen molar-refractivity contribution < 1.29 is 14.6 Å². The van der Waals surface area contributed by atoms with Gasteiger partial charge in [0.2, 0.25) is 0 Å². The molecule has 0 saturated heterocycles. The molecular formula is C14H15BrO3. The van der Waals surface area contributed by atoms with E-state index in [0.29, 0.717) is 22.4 Å². The first-order valence-corrected chi connectivity index (χ1v) is 6.42. The summed E-state index contributed by atoms with van der Waals surface area (Å²) in [4.78, 5) is 11.1. The van der Waals surface area contributed by atoms with Crippen LogP contribution in [0.4, 0.5) is 0 Å². The molecule has 4 heteroatoms. The van der Waals surface area contributed by atoms with Gasteiger partial charge in [-0.1, -0.05) is 21.9 Å². The van der Waals surface area contributed by atoms with Crippen LogP contribution in [0.3, 0.4) is 0 Å². The van der Waals surface area contributed by atoms with Crippen LogP contribution in [0, 0.1) is 11.8 Å². The Bertz CT molecular complexity index is 512. The van der Waals surface area contributed by atoms with Crippen molar-refractivity contribution in [3.63, 3.8) is 0 Å². The average molecular weight is 311 g/mol. The Kier molecular flexibility index (Phi) is 5.24. The minimum Gasteiger partial charge on any atom is -0.493 e. The predicted molar refractivity (Wildman–Crippen MR) is 73.9 cm³/mol. The molecule has 1 rings (SSSR count). The molecule has 1 aromatic carbocycles. The topological polar surface area (TPSA) is 46.5 Å². The summed E-state index contributed by atoms with van der Waals surface area (Å²) in [6, 6.07) is 3.59. The second-order valence-electron chi connectivity index (χ2n) is 3.74. The molecule has 96 valence electrons. The lowest BCUT2D eigenvalue weighted by atomic mass is 9.98. The van der Waals surface area contributed by atoms with E-state index in [2.05, 4.69) is 27.8 Å². The second kappa shape index (κ2) is 6.46. The Balaban J connectivity index is 3.38. The molecule has 0 amide bonds. The van der Waals surface area contributed by atoms with Crippen LogP contribution in [0.25, 0.3) is 0 Å². The van der Waals surface area contributed by atoms with Crippen LogP contribution in [-0.2, 0) is 4.79 Å². The highest BCUT2D eigenvalue weighted by molar-refractivity contribution is 9.10. The second-order valence-corrected chi connectivity index (χ2v) is 4.59. The van der Waals surface area contributed by atoms with Gasteiger partial charge in [0.1, 0.15) is 5.75 Å². The third-order valence-electron chi connectivity index (χ3n) is 2.46. The Morgan fingerprint density at radius 2 is 2.22 bits per heavy atom. The van der Waals surface area contributed by atoms with Crippen LogP contribution in [-0.4, -0.2) is 17.7 Å². The third kappa shape index (κ3) is 3.27. The number of benzene rings is 1. The number of hydrogen-bond acceptors (Lipinski definition) is 2. The summed E-state index contributed by atoms with van der Waals surface area (Å²) in [6.45, 7) is 5.73. The largest absolute Gasteiger partial charge is 0.493 e. The molecular weight excluding hydrogens is 296 g/mol. The lowest BCUT2D eigenvalue weighted by Gasteiger charge is -2.16. The van der Waals surface area contributed by atoms with E-state index in [4.69, 9.17) is 9.84 Å². The number of carboxylic acids is 1. The summed E-state index contributed by atoms with van der Waals surface area (Å²) >= 11 is 3.40. The van der Waals surface area contributed by atoms with Gasteiger partial charge in [0.25, 0.3) is 0 Å². The molecule has 0 bridgehead atoms. The van der Waals surface area contributed by atoms with Gasteiger partial charge in [-0.25, -0.2) is 0 Å². The third-order valence-corrected chi connectivity index (χ3v) is 3.12. The van der Waals surface area contributed by atoms with Crippen molar-refractivity contribution >= 4 is 21.9 Å². The summed E-state index contributed by atoms with van der Waals surface area (Å²) in [7, 11) is 0. The molecule has 0 saturated carbocycles. The zero-order valence-electron chi connectivity index (χ0n) is 10.6. The smallest absolute Gasteiger partial charge is 0.310 e. The Hall–Kier alpha value is -1.47. The highest BCUT2D eigenvalue weighted by Gasteiger charge is 2.22. The van der Waals surface area contributed by atoms with Crippen LogP contribution >= 0.6 is 15.9 Å². The van der Waals surface area contributed by atoms with Gasteiger partial charge in [-0.05, 0) is 32.9 Å². The maximum Gasteiger partial charge on any atom is 0.310 e. The summed E-state index contributed by atoms with van der Waals surface area (Å²) in [5.41, 5.74) is 1.44. The molecule has 1 unspecified atom stereocenters. The molecule has 0 heterocycles. The van der Waals surface area contributed by atoms with Crippen LogP contribution in [0.1, 0.15) is 37.8 Å². The zero-order chi connectivity index (χ0) is 13.7. The molecule has 18 heavy (non-hydrogen) atoms. The van der Waals surface area contributed by atoms with Gasteiger partial charge in [0.15, 0.2) is 0 Å². The highest BCUT2D eigenvalue weighted by atomic mass is 79.9. The van der Waals surface area contributed by atoms with Gasteiger partial charge in [0.05, 0.1) is 12.5 Å². The average Bonchev–Trinajstić information content (AvgIpc) is 2.28. The SMILES string of the molecule is CC#Cc1cc(Br)c(C(C)C(=O)O)c(OCC)c1. The van der Waals surface area contributed by atoms with Crippen LogP contribution < -0.4 is 4.74 Å². The normalized spacial score (nSPS) is 11.3. The zero-order valence-corrected chi connectivity index (χ0v) is 12.2. The number of halogens is 1. The van der Waals surface area contributed by atoms with E-state index in [9.17, 15) is 4.79 Å². The summed E-state index contributed by atoms with van der Waals surface area (Å²) in [6.07, 6.45) is 0. The highest BCUT2D eigenvalue weighted by Crippen LogP contribution is 2.35. The van der Waals surface area contributed by atoms with E-state index in [1.165, 1.54) is 0 Å². The maximum absolute atomic E-state index is 11.1. The lowest BCUT2D eigenvalue weighted by Crippen LogP contribution is -2.10. The first kappa shape index (κ1) is 14.6. The van der Waals surface area contributed by atoms with Crippen molar-refractivity contribution in [1.82, 2.24) is 0 Å². The molecule has 0 radical (unpaired) electrons. The molecule has 3 nitrogen and oxygen atoms in total. The van der Waals surface area contributed by atoms with E-state index in [1.807, 2.05) is 13.0 Å². The van der Waals surface area contributed by atoms with Crippen LogP contribution in [0.5, 0.6) is 5.75 Å². The van der Waals surface area contributed by atoms with Crippen molar-refractivity contribution in [2.24, 2.45) is 0 Å². The quantitative estimate of drug-likeness (QED) is 0.867. The Morgan fingerprint density at radius 1 is 1.56 bits per heavy atom. The first-order valence-electron chi connectivity index (χ1n) is 5.63. The van der Waals surface area contributed by atoms with Gasteiger partial charge in [-0.2, -0.15) is 0 Å². The molecule has 1 atom stereocenters. The molecule has 0 aliphatic rings. The molecule has 1 N–H and O–H groups in total. The summed E-state index contributed by atoms with van der Waals surface area (Å²) in [5, 5.41) is 9.12. The molecule has 0 aliphatic carbocycles. The van der Waals surface area contributed by atoms with E-state index >= 15 is 0 Å². The molecule has 0 spiro atoms. The van der Waals surface area contributed by atoms with Crippen molar-refractivity contribution in [3.05, 3.63) is 27.7 Å². The number of rotatable bonds is 4. The Morgan fingerprint density at radius 3 is 2.72 bits per heavy atom.